The average molecular weight is 256 g/mol. The maximum absolute atomic E-state index is 13.8. The fourth-order valence-corrected chi connectivity index (χ4v) is 2.76. The molecule has 0 unspecified atom stereocenters. The molecule has 3 nitrogen and oxygen atoms in total. The Morgan fingerprint density at radius 2 is 1.78 bits per heavy atom. The Labute approximate surface area is 103 Å². The van der Waals surface area contributed by atoms with Gasteiger partial charge in [-0.05, 0) is 12.8 Å². The molecule has 1 aromatic carbocycles. The van der Waals surface area contributed by atoms with E-state index in [0.29, 0.717) is 18.9 Å². The number of halogens is 2. The molecule has 2 N–H and O–H groups in total. The van der Waals surface area contributed by atoms with Crippen LogP contribution in [0.3, 0.4) is 0 Å². The fourth-order valence-electron chi connectivity index (χ4n) is 2.76. The fraction of sp³-hybridized carbons (Fsp3) is 0.462. The molecule has 1 aliphatic rings. The van der Waals surface area contributed by atoms with E-state index >= 15 is 0 Å². The minimum absolute atomic E-state index is 0.262. The summed E-state index contributed by atoms with van der Waals surface area (Å²) in [7, 11) is 0. The second-order valence-electron chi connectivity index (χ2n) is 4.73. The molecule has 1 fully saturated rings. The molecular weight excluding hydrogens is 242 g/mol. The van der Waals surface area contributed by atoms with Crippen molar-refractivity contribution in [3.05, 3.63) is 29.3 Å². The molecule has 18 heavy (non-hydrogen) atoms. The van der Waals surface area contributed by atoms with E-state index in [-0.39, 0.29) is 18.4 Å². The highest BCUT2D eigenvalue weighted by molar-refractivity contribution is 5.82. The van der Waals surface area contributed by atoms with Gasteiger partial charge < -0.3 is 10.2 Å². The smallest absolute Gasteiger partial charge is 0.314 e. The molecule has 0 saturated heterocycles. The zero-order valence-electron chi connectivity index (χ0n) is 9.75. The molecule has 0 spiro atoms. The third-order valence-corrected chi connectivity index (χ3v) is 3.63. The van der Waals surface area contributed by atoms with E-state index in [9.17, 15) is 23.8 Å². The summed E-state index contributed by atoms with van der Waals surface area (Å²) in [4.78, 5) is 11.5. The van der Waals surface area contributed by atoms with Crippen LogP contribution >= 0.6 is 0 Å². The lowest BCUT2D eigenvalue weighted by Gasteiger charge is -2.34. The second-order valence-corrected chi connectivity index (χ2v) is 4.73. The Balaban J connectivity index is 2.59. The maximum atomic E-state index is 13.8. The van der Waals surface area contributed by atoms with Crippen LogP contribution in [0.2, 0.25) is 0 Å². The largest absolute Gasteiger partial charge is 0.507 e. The minimum Gasteiger partial charge on any atom is -0.507 e. The van der Waals surface area contributed by atoms with Gasteiger partial charge in [0, 0.05) is 17.7 Å². The lowest BCUT2D eigenvalue weighted by Crippen LogP contribution is -2.38. The summed E-state index contributed by atoms with van der Waals surface area (Å²) < 4.78 is 26.8. The van der Waals surface area contributed by atoms with E-state index in [0.717, 1.165) is 12.5 Å². The summed E-state index contributed by atoms with van der Waals surface area (Å²) in [5.74, 6) is -3.68. The summed E-state index contributed by atoms with van der Waals surface area (Å²) in [5.41, 5.74) is -1.71. The number of aromatic hydroxyl groups is 1. The summed E-state index contributed by atoms with van der Waals surface area (Å²) in [5, 5.41) is 19.1. The van der Waals surface area contributed by atoms with E-state index in [2.05, 4.69) is 0 Å². The van der Waals surface area contributed by atoms with Crippen LogP contribution < -0.4 is 0 Å². The lowest BCUT2D eigenvalue weighted by molar-refractivity contribution is -0.145. The Bertz CT molecular complexity index is 456. The first-order chi connectivity index (χ1) is 8.47. The molecule has 1 aromatic rings. The summed E-state index contributed by atoms with van der Waals surface area (Å²) in [6.45, 7) is 0. The van der Waals surface area contributed by atoms with Crippen molar-refractivity contribution in [1.82, 2.24) is 0 Å². The van der Waals surface area contributed by atoms with Crippen LogP contribution in [-0.4, -0.2) is 16.2 Å². The molecule has 5 heteroatoms. The van der Waals surface area contributed by atoms with Crippen molar-refractivity contribution >= 4 is 5.97 Å². The quantitative estimate of drug-likeness (QED) is 0.855. The van der Waals surface area contributed by atoms with E-state index < -0.39 is 28.8 Å². The number of phenolic OH excluding ortho intramolecular Hbond substituents is 1. The SMILES string of the molecule is O=C(O)C1(c2c(O)cc(F)cc2F)CCCCC1. The van der Waals surface area contributed by atoms with Gasteiger partial charge in [-0.2, -0.15) is 0 Å². The Kier molecular flexibility index (Phi) is 3.24. The van der Waals surface area contributed by atoms with Crippen LogP contribution in [0, 0.1) is 11.6 Å². The Morgan fingerprint density at radius 1 is 1.17 bits per heavy atom. The molecule has 0 heterocycles. The molecule has 0 aliphatic heterocycles. The third-order valence-electron chi connectivity index (χ3n) is 3.63. The number of hydrogen-bond donors (Lipinski definition) is 2. The van der Waals surface area contributed by atoms with Gasteiger partial charge in [0.2, 0.25) is 0 Å². The predicted octanol–water partition coefficient (Wildman–Crippen LogP) is 2.96. The van der Waals surface area contributed by atoms with Crippen molar-refractivity contribution in [3.8, 4) is 5.75 Å². The second kappa shape index (κ2) is 4.55. The topological polar surface area (TPSA) is 57.5 Å². The van der Waals surface area contributed by atoms with Crippen molar-refractivity contribution in [2.45, 2.75) is 37.5 Å². The van der Waals surface area contributed by atoms with Crippen LogP contribution in [0.4, 0.5) is 8.78 Å². The van der Waals surface area contributed by atoms with Gasteiger partial charge in [-0.1, -0.05) is 19.3 Å². The summed E-state index contributed by atoms with van der Waals surface area (Å²) >= 11 is 0. The van der Waals surface area contributed by atoms with Crippen LogP contribution in [0.1, 0.15) is 37.7 Å². The number of hydrogen-bond acceptors (Lipinski definition) is 2. The number of aliphatic carboxylic acids is 1. The number of rotatable bonds is 2. The van der Waals surface area contributed by atoms with Crippen molar-refractivity contribution in [1.29, 1.82) is 0 Å². The number of phenols is 1. The van der Waals surface area contributed by atoms with Gasteiger partial charge >= 0.3 is 5.97 Å². The van der Waals surface area contributed by atoms with Crippen molar-refractivity contribution in [3.63, 3.8) is 0 Å². The zero-order chi connectivity index (χ0) is 13.3. The molecule has 98 valence electrons. The van der Waals surface area contributed by atoms with Crippen molar-refractivity contribution in [2.75, 3.05) is 0 Å². The molecule has 1 aliphatic carbocycles. The predicted molar refractivity (Wildman–Crippen MR) is 60.4 cm³/mol. The van der Waals surface area contributed by atoms with Crippen LogP contribution in [0.15, 0.2) is 12.1 Å². The standard InChI is InChI=1S/C13H14F2O3/c14-8-6-9(15)11(10(16)7-8)13(12(17)18)4-2-1-3-5-13/h6-7,16H,1-5H2,(H,17,18). The minimum atomic E-state index is -1.43. The van der Waals surface area contributed by atoms with Crippen molar-refractivity contribution < 1.29 is 23.8 Å². The molecule has 0 radical (unpaired) electrons. The van der Waals surface area contributed by atoms with Gasteiger partial charge in [0.15, 0.2) is 0 Å². The molecule has 0 atom stereocenters. The molecule has 0 aromatic heterocycles. The summed E-state index contributed by atoms with van der Waals surface area (Å²) in [6.07, 6.45) is 2.72. The van der Waals surface area contributed by atoms with Crippen LogP contribution in [0.5, 0.6) is 5.75 Å². The molecule has 1 saturated carbocycles. The monoisotopic (exact) mass is 256 g/mol. The van der Waals surface area contributed by atoms with E-state index in [1.165, 1.54) is 0 Å². The van der Waals surface area contributed by atoms with Gasteiger partial charge in [-0.25, -0.2) is 8.78 Å². The van der Waals surface area contributed by atoms with Gasteiger partial charge in [0.25, 0.3) is 0 Å². The van der Waals surface area contributed by atoms with Crippen molar-refractivity contribution in [2.24, 2.45) is 0 Å². The highest BCUT2D eigenvalue weighted by Crippen LogP contribution is 2.44. The van der Waals surface area contributed by atoms with Gasteiger partial charge in [-0.3, -0.25) is 4.79 Å². The first-order valence-electron chi connectivity index (χ1n) is 5.89. The molecule has 2 rings (SSSR count). The van der Waals surface area contributed by atoms with E-state index in [1.807, 2.05) is 0 Å². The normalized spacial score (nSPS) is 18.6. The number of carboxylic acid groups (broad SMARTS) is 1. The Hall–Kier alpha value is -1.65. The summed E-state index contributed by atoms with van der Waals surface area (Å²) in [6, 6.07) is 1.38. The van der Waals surface area contributed by atoms with E-state index in [1.54, 1.807) is 0 Å². The number of carbonyl (C=O) groups is 1. The third kappa shape index (κ3) is 1.94. The van der Waals surface area contributed by atoms with Gasteiger partial charge in [0.1, 0.15) is 17.4 Å². The highest BCUT2D eigenvalue weighted by Gasteiger charge is 2.45. The van der Waals surface area contributed by atoms with Crippen LogP contribution in [0.25, 0.3) is 0 Å². The Morgan fingerprint density at radius 3 is 2.28 bits per heavy atom. The maximum Gasteiger partial charge on any atom is 0.314 e. The molecular formula is C13H14F2O3. The van der Waals surface area contributed by atoms with Gasteiger partial charge in [0.05, 0.1) is 5.41 Å². The first-order valence-corrected chi connectivity index (χ1v) is 5.89. The molecule has 0 amide bonds. The number of carboxylic acids is 1. The zero-order valence-corrected chi connectivity index (χ0v) is 9.75. The van der Waals surface area contributed by atoms with Gasteiger partial charge in [-0.15, -0.1) is 0 Å². The average Bonchev–Trinajstić information content (AvgIpc) is 2.28. The molecule has 0 bridgehead atoms. The number of benzene rings is 1. The van der Waals surface area contributed by atoms with Crippen LogP contribution in [-0.2, 0) is 10.2 Å². The highest BCUT2D eigenvalue weighted by atomic mass is 19.1. The first kappa shape index (κ1) is 12.8. The van der Waals surface area contributed by atoms with E-state index in [4.69, 9.17) is 0 Å². The lowest BCUT2D eigenvalue weighted by atomic mass is 9.69.